The maximum Gasteiger partial charge on any atom is 0.417 e. The molecule has 126 valence electrons. The number of aromatic nitrogens is 1. The van der Waals surface area contributed by atoms with Crippen LogP contribution in [0.2, 0.25) is 0 Å². The summed E-state index contributed by atoms with van der Waals surface area (Å²) < 4.78 is 47.6. The minimum Gasteiger partial charge on any atom is -0.466 e. The van der Waals surface area contributed by atoms with Crippen LogP contribution in [0, 0.1) is 0 Å². The SMILES string of the molecule is COC(=O)C(OC(=O)c1cncc(C(F)(F)F)c1)c1ccccc1. The van der Waals surface area contributed by atoms with E-state index >= 15 is 0 Å². The van der Waals surface area contributed by atoms with E-state index in [1.165, 1.54) is 12.1 Å². The molecule has 0 aliphatic rings. The third-order valence-electron chi connectivity index (χ3n) is 3.04. The molecule has 1 aromatic carbocycles. The van der Waals surface area contributed by atoms with Gasteiger partial charge in [0.2, 0.25) is 6.10 Å². The fraction of sp³-hybridized carbons (Fsp3) is 0.188. The molecule has 1 atom stereocenters. The van der Waals surface area contributed by atoms with Crippen LogP contribution in [-0.2, 0) is 20.4 Å². The molecule has 1 aromatic heterocycles. The smallest absolute Gasteiger partial charge is 0.417 e. The van der Waals surface area contributed by atoms with Gasteiger partial charge < -0.3 is 9.47 Å². The van der Waals surface area contributed by atoms with Crippen molar-refractivity contribution in [2.24, 2.45) is 0 Å². The molecule has 0 N–H and O–H groups in total. The third kappa shape index (κ3) is 4.09. The summed E-state index contributed by atoms with van der Waals surface area (Å²) in [6, 6.07) is 8.58. The summed E-state index contributed by atoms with van der Waals surface area (Å²) in [5.41, 5.74) is -1.18. The first kappa shape index (κ1) is 17.5. The van der Waals surface area contributed by atoms with E-state index in [4.69, 9.17) is 4.74 Å². The van der Waals surface area contributed by atoms with Gasteiger partial charge >= 0.3 is 18.1 Å². The number of esters is 2. The monoisotopic (exact) mass is 339 g/mol. The van der Waals surface area contributed by atoms with Crippen LogP contribution in [0.1, 0.15) is 27.6 Å². The lowest BCUT2D eigenvalue weighted by molar-refractivity contribution is -0.151. The molecule has 0 saturated carbocycles. The van der Waals surface area contributed by atoms with Crippen molar-refractivity contribution in [3.05, 3.63) is 65.5 Å². The quantitative estimate of drug-likeness (QED) is 0.801. The van der Waals surface area contributed by atoms with Gasteiger partial charge in [-0.25, -0.2) is 9.59 Å². The number of nitrogens with zero attached hydrogens (tertiary/aromatic N) is 1. The number of hydrogen-bond acceptors (Lipinski definition) is 5. The molecule has 0 saturated heterocycles. The number of benzene rings is 1. The normalized spacial score (nSPS) is 12.3. The fourth-order valence-electron chi connectivity index (χ4n) is 1.87. The first-order valence-electron chi connectivity index (χ1n) is 6.69. The number of rotatable bonds is 4. The maximum absolute atomic E-state index is 12.7. The molecule has 0 spiro atoms. The summed E-state index contributed by atoms with van der Waals surface area (Å²) in [7, 11) is 1.11. The van der Waals surface area contributed by atoms with Gasteiger partial charge in [-0.2, -0.15) is 13.2 Å². The zero-order valence-corrected chi connectivity index (χ0v) is 12.4. The van der Waals surface area contributed by atoms with E-state index < -0.39 is 35.3 Å². The summed E-state index contributed by atoms with van der Waals surface area (Å²) in [6.07, 6.45) is -4.52. The van der Waals surface area contributed by atoms with E-state index in [1.54, 1.807) is 18.2 Å². The number of pyridine rings is 1. The number of halogens is 3. The van der Waals surface area contributed by atoms with Crippen molar-refractivity contribution >= 4 is 11.9 Å². The lowest BCUT2D eigenvalue weighted by Gasteiger charge is -2.16. The number of alkyl halides is 3. The Hall–Kier alpha value is -2.90. The molecule has 24 heavy (non-hydrogen) atoms. The molecule has 0 bridgehead atoms. The first-order chi connectivity index (χ1) is 11.3. The van der Waals surface area contributed by atoms with Crippen molar-refractivity contribution in [2.45, 2.75) is 12.3 Å². The molecule has 5 nitrogen and oxygen atoms in total. The van der Waals surface area contributed by atoms with E-state index in [1.807, 2.05) is 0 Å². The molecule has 0 aliphatic heterocycles. The van der Waals surface area contributed by atoms with Gasteiger partial charge in [0, 0.05) is 18.0 Å². The average molecular weight is 339 g/mol. The minimum absolute atomic E-state index is 0.331. The molecular formula is C16H12F3NO4. The first-order valence-corrected chi connectivity index (χ1v) is 6.69. The predicted octanol–water partition coefficient (Wildman–Crippen LogP) is 3.17. The number of ether oxygens (including phenoxy) is 2. The molecule has 0 aliphatic carbocycles. The van der Waals surface area contributed by atoms with Gasteiger partial charge in [-0.1, -0.05) is 30.3 Å². The molecule has 1 unspecified atom stereocenters. The molecule has 2 rings (SSSR count). The van der Waals surface area contributed by atoms with Gasteiger partial charge in [0.05, 0.1) is 18.2 Å². The number of carbonyl (C=O) groups excluding carboxylic acids is 2. The van der Waals surface area contributed by atoms with E-state index in [0.29, 0.717) is 17.8 Å². The highest BCUT2D eigenvalue weighted by Gasteiger charge is 2.32. The second-order valence-electron chi connectivity index (χ2n) is 4.68. The summed E-state index contributed by atoms with van der Waals surface area (Å²) in [4.78, 5) is 27.3. The molecule has 0 amide bonds. The topological polar surface area (TPSA) is 65.5 Å². The summed E-state index contributed by atoms with van der Waals surface area (Å²) in [6.45, 7) is 0. The summed E-state index contributed by atoms with van der Waals surface area (Å²) >= 11 is 0. The number of carbonyl (C=O) groups is 2. The highest BCUT2D eigenvalue weighted by Crippen LogP contribution is 2.29. The molecule has 0 radical (unpaired) electrons. The third-order valence-corrected chi connectivity index (χ3v) is 3.04. The second-order valence-corrected chi connectivity index (χ2v) is 4.68. The summed E-state index contributed by atoms with van der Waals surface area (Å²) in [5.74, 6) is -1.97. The Kier molecular flexibility index (Phi) is 5.18. The highest BCUT2D eigenvalue weighted by atomic mass is 19.4. The van der Waals surface area contributed by atoms with E-state index in [-0.39, 0.29) is 0 Å². The van der Waals surface area contributed by atoms with Crippen LogP contribution in [0.4, 0.5) is 13.2 Å². The lowest BCUT2D eigenvalue weighted by atomic mass is 10.1. The predicted molar refractivity (Wildman–Crippen MR) is 75.9 cm³/mol. The largest absolute Gasteiger partial charge is 0.466 e. The van der Waals surface area contributed by atoms with Crippen molar-refractivity contribution < 1.29 is 32.2 Å². The minimum atomic E-state index is -4.65. The van der Waals surface area contributed by atoms with Crippen molar-refractivity contribution in [1.82, 2.24) is 4.98 Å². The lowest BCUT2D eigenvalue weighted by Crippen LogP contribution is -2.21. The van der Waals surface area contributed by atoms with E-state index in [2.05, 4.69) is 9.72 Å². The number of hydrogen-bond donors (Lipinski definition) is 0. The van der Waals surface area contributed by atoms with Crippen LogP contribution in [0.25, 0.3) is 0 Å². The second kappa shape index (κ2) is 7.12. The van der Waals surface area contributed by atoms with Gasteiger partial charge in [-0.3, -0.25) is 4.98 Å². The highest BCUT2D eigenvalue weighted by molar-refractivity contribution is 5.91. The van der Waals surface area contributed by atoms with Crippen LogP contribution < -0.4 is 0 Å². The van der Waals surface area contributed by atoms with Gasteiger partial charge in [-0.15, -0.1) is 0 Å². The van der Waals surface area contributed by atoms with Crippen molar-refractivity contribution in [1.29, 1.82) is 0 Å². The molecule has 2 aromatic rings. The van der Waals surface area contributed by atoms with Gasteiger partial charge in [0.25, 0.3) is 0 Å². The Morgan fingerprint density at radius 3 is 2.38 bits per heavy atom. The van der Waals surface area contributed by atoms with Gasteiger partial charge in [0.1, 0.15) is 0 Å². The Balaban J connectivity index is 2.27. The Labute approximate surface area is 135 Å². The fourth-order valence-corrected chi connectivity index (χ4v) is 1.87. The van der Waals surface area contributed by atoms with E-state index in [0.717, 1.165) is 13.3 Å². The Morgan fingerprint density at radius 1 is 1.12 bits per heavy atom. The van der Waals surface area contributed by atoms with Crippen LogP contribution in [0.5, 0.6) is 0 Å². The maximum atomic E-state index is 12.7. The molecule has 0 fully saturated rings. The van der Waals surface area contributed by atoms with Crippen molar-refractivity contribution in [3.63, 3.8) is 0 Å². The van der Waals surface area contributed by atoms with Crippen LogP contribution in [0.3, 0.4) is 0 Å². The number of methoxy groups -OCH3 is 1. The molecule has 1 heterocycles. The average Bonchev–Trinajstić information content (AvgIpc) is 2.59. The van der Waals surface area contributed by atoms with Crippen LogP contribution in [0.15, 0.2) is 48.8 Å². The van der Waals surface area contributed by atoms with Crippen molar-refractivity contribution in [2.75, 3.05) is 7.11 Å². The van der Waals surface area contributed by atoms with Crippen LogP contribution in [-0.4, -0.2) is 24.0 Å². The zero-order chi connectivity index (χ0) is 17.7. The molecule has 8 heteroatoms. The molecular weight excluding hydrogens is 327 g/mol. The van der Waals surface area contributed by atoms with E-state index in [9.17, 15) is 22.8 Å². The standard InChI is InChI=1S/C16H12F3NO4/c1-23-15(22)13(10-5-3-2-4-6-10)24-14(21)11-7-12(9-20-8-11)16(17,18)19/h2-9,13H,1H3. The zero-order valence-electron chi connectivity index (χ0n) is 12.4. The van der Waals surface area contributed by atoms with Crippen LogP contribution >= 0.6 is 0 Å². The van der Waals surface area contributed by atoms with Gasteiger partial charge in [0.15, 0.2) is 0 Å². The Morgan fingerprint density at radius 2 is 1.79 bits per heavy atom. The summed E-state index contributed by atoms with van der Waals surface area (Å²) in [5, 5.41) is 0. The van der Waals surface area contributed by atoms with Crippen molar-refractivity contribution in [3.8, 4) is 0 Å². The van der Waals surface area contributed by atoms with Gasteiger partial charge in [-0.05, 0) is 6.07 Å². The Bertz CT molecular complexity index is 732.